The number of halogens is 1. The first-order chi connectivity index (χ1) is 17.5. The third kappa shape index (κ3) is 4.08. The molecule has 2 aromatic heterocycles. The normalized spacial score (nSPS) is 16.9. The zero-order valence-electron chi connectivity index (χ0n) is 19.9. The first-order valence-electron chi connectivity index (χ1n) is 12.1. The van der Waals surface area contributed by atoms with Crippen LogP contribution in [0.3, 0.4) is 0 Å². The van der Waals surface area contributed by atoms with Crippen LogP contribution in [0.1, 0.15) is 25.7 Å². The molecule has 0 spiro atoms. The van der Waals surface area contributed by atoms with E-state index in [4.69, 9.17) is 0 Å². The quantitative estimate of drug-likeness (QED) is 0.425. The molecule has 9 heteroatoms. The molecule has 7 nitrogen and oxygen atoms in total. The average molecular weight is 504 g/mol. The minimum atomic E-state index is -0.279. The number of fused-ring (bicyclic) bond motifs is 1. The highest BCUT2D eigenvalue weighted by atomic mass is 32.1. The minimum Gasteiger partial charge on any atom is -0.335 e. The van der Waals surface area contributed by atoms with E-state index in [1.54, 1.807) is 12.3 Å². The Labute approximate surface area is 212 Å². The highest BCUT2D eigenvalue weighted by Gasteiger charge is 2.37. The van der Waals surface area contributed by atoms with E-state index < -0.39 is 0 Å². The monoisotopic (exact) mass is 503 g/mol. The van der Waals surface area contributed by atoms with Gasteiger partial charge in [0.15, 0.2) is 5.01 Å². The number of rotatable bonds is 4. The van der Waals surface area contributed by atoms with Gasteiger partial charge in [-0.1, -0.05) is 6.07 Å². The number of piperazine rings is 1. The highest BCUT2D eigenvalue weighted by molar-refractivity contribution is 7.11. The Morgan fingerprint density at radius 3 is 2.53 bits per heavy atom. The van der Waals surface area contributed by atoms with Crippen molar-refractivity contribution in [2.24, 2.45) is 0 Å². The van der Waals surface area contributed by atoms with Gasteiger partial charge in [0.1, 0.15) is 5.82 Å². The van der Waals surface area contributed by atoms with E-state index in [1.165, 1.54) is 23.5 Å². The number of aromatic nitrogens is 2. The molecule has 4 aromatic rings. The highest BCUT2D eigenvalue weighted by Crippen LogP contribution is 2.28. The molecule has 2 aromatic carbocycles. The minimum absolute atomic E-state index is 0.00646. The molecule has 2 fully saturated rings. The zero-order valence-corrected chi connectivity index (χ0v) is 20.7. The Hall–Kier alpha value is -3.56. The van der Waals surface area contributed by atoms with Crippen LogP contribution in [-0.4, -0.2) is 81.4 Å². The van der Waals surface area contributed by atoms with Gasteiger partial charge in [0, 0.05) is 79.7 Å². The van der Waals surface area contributed by atoms with Crippen molar-refractivity contribution in [3.63, 3.8) is 0 Å². The fourth-order valence-corrected chi connectivity index (χ4v) is 5.76. The molecule has 0 aliphatic carbocycles. The number of benzene rings is 2. The molecule has 0 unspecified atom stereocenters. The molecule has 2 aliphatic heterocycles. The summed E-state index contributed by atoms with van der Waals surface area (Å²) < 4.78 is 15.7. The second kappa shape index (κ2) is 9.15. The van der Waals surface area contributed by atoms with Crippen molar-refractivity contribution in [2.45, 2.75) is 13.0 Å². The predicted molar refractivity (Wildman–Crippen MR) is 137 cm³/mol. The van der Waals surface area contributed by atoms with Crippen molar-refractivity contribution in [1.29, 1.82) is 0 Å². The lowest BCUT2D eigenvalue weighted by molar-refractivity contribution is 0.00854. The van der Waals surface area contributed by atoms with Crippen LogP contribution < -0.4 is 0 Å². The molecular formula is C27H26FN5O2S. The van der Waals surface area contributed by atoms with Gasteiger partial charge in [-0.05, 0) is 48.9 Å². The maximum absolute atomic E-state index is 13.8. The number of carbonyl (C=O) groups is 2. The van der Waals surface area contributed by atoms with Gasteiger partial charge in [0.05, 0.1) is 5.52 Å². The van der Waals surface area contributed by atoms with E-state index in [-0.39, 0.29) is 17.6 Å². The van der Waals surface area contributed by atoms with Crippen molar-refractivity contribution in [3.05, 3.63) is 82.2 Å². The van der Waals surface area contributed by atoms with Gasteiger partial charge in [-0.2, -0.15) is 0 Å². The maximum atomic E-state index is 13.8. The molecule has 2 amide bonds. The smallest absolute Gasteiger partial charge is 0.282 e. The van der Waals surface area contributed by atoms with Crippen LogP contribution in [0.15, 0.2) is 60.2 Å². The Balaban J connectivity index is 1.09. The number of amides is 2. The van der Waals surface area contributed by atoms with Crippen LogP contribution >= 0.6 is 11.3 Å². The van der Waals surface area contributed by atoms with Gasteiger partial charge in [-0.15, -0.1) is 11.3 Å². The van der Waals surface area contributed by atoms with Crippen LogP contribution in [-0.2, 0) is 0 Å². The molecule has 36 heavy (non-hydrogen) atoms. The summed E-state index contributed by atoms with van der Waals surface area (Å²) in [6.45, 7) is 6.37. The summed E-state index contributed by atoms with van der Waals surface area (Å²) in [5, 5.41) is 3.35. The number of nitrogens with zero attached hydrogens (tertiary/aromatic N) is 5. The summed E-state index contributed by atoms with van der Waals surface area (Å²) in [5.41, 5.74) is 3.41. The topological polar surface area (TPSA) is 61.7 Å². The zero-order chi connectivity index (χ0) is 24.8. The molecule has 0 bridgehead atoms. The van der Waals surface area contributed by atoms with Crippen molar-refractivity contribution < 1.29 is 14.0 Å². The summed E-state index contributed by atoms with van der Waals surface area (Å²) in [7, 11) is 0. The van der Waals surface area contributed by atoms with E-state index in [0.717, 1.165) is 35.2 Å². The van der Waals surface area contributed by atoms with E-state index in [2.05, 4.69) is 9.88 Å². The maximum Gasteiger partial charge on any atom is 0.282 e. The van der Waals surface area contributed by atoms with Gasteiger partial charge in [-0.3, -0.25) is 14.5 Å². The van der Waals surface area contributed by atoms with Crippen molar-refractivity contribution >= 4 is 34.1 Å². The van der Waals surface area contributed by atoms with Crippen LogP contribution in [0.25, 0.3) is 16.6 Å². The Kier molecular flexibility index (Phi) is 5.81. The summed E-state index contributed by atoms with van der Waals surface area (Å²) >= 11 is 1.37. The second-order valence-electron chi connectivity index (χ2n) is 9.42. The molecular weight excluding hydrogens is 477 g/mol. The van der Waals surface area contributed by atoms with E-state index in [0.29, 0.717) is 42.8 Å². The third-order valence-corrected chi connectivity index (χ3v) is 7.98. The number of hydrogen-bond donors (Lipinski definition) is 0. The average Bonchev–Trinajstić information content (AvgIpc) is 3.51. The molecule has 4 heterocycles. The standard InChI is InChI=1S/C27H26FN5O2S/c1-18-15-33(21-4-2-3-20(28)14-21)24-6-5-19(13-23(18)24)26(34)32-16-22(17-32)30-8-10-31(11-9-30)27(35)25-29-7-12-36-25/h2-7,12-15,22H,8-11,16-17H2,1H3. The van der Waals surface area contributed by atoms with Crippen molar-refractivity contribution in [2.75, 3.05) is 39.3 Å². The predicted octanol–water partition coefficient (Wildman–Crippen LogP) is 3.82. The Morgan fingerprint density at radius 1 is 1.00 bits per heavy atom. The summed E-state index contributed by atoms with van der Waals surface area (Å²) in [6, 6.07) is 12.6. The Morgan fingerprint density at radius 2 is 1.81 bits per heavy atom. The lowest BCUT2D eigenvalue weighted by Crippen LogP contribution is -2.64. The van der Waals surface area contributed by atoms with Gasteiger partial charge in [-0.25, -0.2) is 9.37 Å². The van der Waals surface area contributed by atoms with Crippen LogP contribution in [0, 0.1) is 12.7 Å². The number of likely N-dealkylation sites (tertiary alicyclic amines) is 1. The van der Waals surface area contributed by atoms with Gasteiger partial charge >= 0.3 is 0 Å². The van der Waals surface area contributed by atoms with E-state index >= 15 is 0 Å². The number of carbonyl (C=O) groups excluding carboxylic acids is 2. The first kappa shape index (κ1) is 22.9. The Bertz CT molecular complexity index is 1440. The first-order valence-corrected chi connectivity index (χ1v) is 13.0. The fourth-order valence-electron chi connectivity index (χ4n) is 5.16. The molecule has 0 atom stereocenters. The molecule has 2 aliphatic rings. The molecule has 184 valence electrons. The molecule has 2 saturated heterocycles. The van der Waals surface area contributed by atoms with Gasteiger partial charge in [0.25, 0.3) is 11.8 Å². The third-order valence-electron chi connectivity index (χ3n) is 7.22. The summed E-state index contributed by atoms with van der Waals surface area (Å²) in [5.74, 6) is -0.241. The molecule has 0 radical (unpaired) electrons. The summed E-state index contributed by atoms with van der Waals surface area (Å²) in [6.07, 6.45) is 3.64. The van der Waals surface area contributed by atoms with Crippen molar-refractivity contribution in [3.8, 4) is 5.69 Å². The largest absolute Gasteiger partial charge is 0.335 e. The summed E-state index contributed by atoms with van der Waals surface area (Å²) in [4.78, 5) is 36.0. The SMILES string of the molecule is Cc1cn(-c2cccc(F)c2)c2ccc(C(=O)N3CC(N4CCN(C(=O)c5nccs5)CC4)C3)cc12. The second-order valence-corrected chi connectivity index (χ2v) is 10.3. The van der Waals surface area contributed by atoms with E-state index in [1.807, 2.05) is 57.1 Å². The van der Waals surface area contributed by atoms with Crippen molar-refractivity contribution in [1.82, 2.24) is 24.3 Å². The van der Waals surface area contributed by atoms with Crippen LogP contribution in [0.4, 0.5) is 4.39 Å². The lowest BCUT2D eigenvalue weighted by atomic mass is 10.0. The fraction of sp³-hybridized carbons (Fsp3) is 0.296. The van der Waals surface area contributed by atoms with Gasteiger partial charge in [0.2, 0.25) is 0 Å². The molecule has 6 rings (SSSR count). The van der Waals surface area contributed by atoms with Crippen LogP contribution in [0.5, 0.6) is 0 Å². The number of aryl methyl sites for hydroxylation is 1. The van der Waals surface area contributed by atoms with Crippen LogP contribution in [0.2, 0.25) is 0 Å². The van der Waals surface area contributed by atoms with E-state index in [9.17, 15) is 14.0 Å². The molecule has 0 saturated carbocycles. The van der Waals surface area contributed by atoms with Gasteiger partial charge < -0.3 is 14.4 Å². The number of thiazole rings is 1. The lowest BCUT2D eigenvalue weighted by Gasteiger charge is -2.48. The molecule has 0 N–H and O–H groups in total. The number of hydrogen-bond acceptors (Lipinski definition) is 5.